The van der Waals surface area contributed by atoms with Gasteiger partial charge in [0.05, 0.1) is 6.07 Å². The summed E-state index contributed by atoms with van der Waals surface area (Å²) in [5, 5.41) is 13.9. The Balaban J connectivity index is 2.02. The molecule has 0 aliphatic heterocycles. The van der Waals surface area contributed by atoms with E-state index in [4.69, 9.17) is 15.7 Å². The van der Waals surface area contributed by atoms with Crippen molar-refractivity contribution < 1.29 is 19.1 Å². The number of primary amides is 1. The molecule has 0 unspecified atom stereocenters. The molecule has 4 N–H and O–H groups in total. The van der Waals surface area contributed by atoms with Gasteiger partial charge in [-0.1, -0.05) is 60.7 Å². The van der Waals surface area contributed by atoms with Gasteiger partial charge in [-0.25, -0.2) is 4.79 Å². The van der Waals surface area contributed by atoms with E-state index in [0.29, 0.717) is 25.7 Å². The number of benzene rings is 2. The molecule has 0 bridgehead atoms. The molecule has 2 atom stereocenters. The van der Waals surface area contributed by atoms with Crippen molar-refractivity contribution in [3.05, 3.63) is 71.8 Å². The summed E-state index contributed by atoms with van der Waals surface area (Å²) in [5.41, 5.74) is 7.09. The number of rotatable bonds is 12. The van der Waals surface area contributed by atoms with Gasteiger partial charge in [0, 0.05) is 12.8 Å². The Bertz CT molecular complexity index is 913. The Morgan fingerprint density at radius 2 is 1.53 bits per heavy atom. The Morgan fingerprint density at radius 1 is 0.906 bits per heavy atom. The minimum Gasteiger partial charge on any atom is -0.445 e. The van der Waals surface area contributed by atoms with Crippen LogP contribution in [0.1, 0.15) is 36.8 Å². The van der Waals surface area contributed by atoms with E-state index >= 15 is 0 Å². The first-order valence-corrected chi connectivity index (χ1v) is 10.5. The van der Waals surface area contributed by atoms with Crippen LogP contribution >= 0.6 is 0 Å². The molecule has 8 heteroatoms. The zero-order chi connectivity index (χ0) is 23.2. The van der Waals surface area contributed by atoms with Gasteiger partial charge in [0.1, 0.15) is 18.7 Å². The van der Waals surface area contributed by atoms with Crippen LogP contribution in [0, 0.1) is 11.3 Å². The molecular weight excluding hydrogens is 408 g/mol. The minimum absolute atomic E-state index is 0.0646. The molecule has 8 nitrogen and oxygen atoms in total. The summed E-state index contributed by atoms with van der Waals surface area (Å²) >= 11 is 0. The summed E-state index contributed by atoms with van der Waals surface area (Å²) < 4.78 is 5.24. The molecule has 0 aliphatic rings. The molecule has 0 aromatic heterocycles. The van der Waals surface area contributed by atoms with Crippen molar-refractivity contribution in [2.75, 3.05) is 0 Å². The third-order valence-corrected chi connectivity index (χ3v) is 4.80. The largest absolute Gasteiger partial charge is 0.445 e. The second kappa shape index (κ2) is 13.4. The number of nitrogens with one attached hydrogen (secondary N) is 2. The summed E-state index contributed by atoms with van der Waals surface area (Å²) in [4.78, 5) is 37.1. The van der Waals surface area contributed by atoms with E-state index in [9.17, 15) is 14.4 Å². The second-order valence-electron chi connectivity index (χ2n) is 7.32. The van der Waals surface area contributed by atoms with Crippen molar-refractivity contribution in [1.82, 2.24) is 10.6 Å². The van der Waals surface area contributed by atoms with Crippen LogP contribution in [0.5, 0.6) is 0 Å². The highest BCUT2D eigenvalue weighted by Crippen LogP contribution is 2.08. The number of nitrogens with zero attached hydrogens (tertiary/aromatic N) is 1. The third kappa shape index (κ3) is 8.88. The van der Waals surface area contributed by atoms with Crippen LogP contribution in [-0.2, 0) is 27.4 Å². The van der Waals surface area contributed by atoms with Crippen LogP contribution in [0.2, 0.25) is 0 Å². The van der Waals surface area contributed by atoms with E-state index < -0.39 is 30.0 Å². The van der Waals surface area contributed by atoms with Gasteiger partial charge in [0.25, 0.3) is 0 Å². The van der Waals surface area contributed by atoms with Crippen LogP contribution in [0.15, 0.2) is 60.7 Å². The molecule has 3 amide bonds. The normalized spacial score (nSPS) is 12.1. The Labute approximate surface area is 187 Å². The Kier molecular flexibility index (Phi) is 10.3. The number of nitriles is 1. The molecule has 32 heavy (non-hydrogen) atoms. The zero-order valence-corrected chi connectivity index (χ0v) is 17.8. The fourth-order valence-electron chi connectivity index (χ4n) is 3.08. The second-order valence-corrected chi connectivity index (χ2v) is 7.32. The van der Waals surface area contributed by atoms with Crippen molar-refractivity contribution in [3.8, 4) is 6.07 Å². The standard InChI is InChI=1S/C24H28N4O4/c25-15-9-3-8-14-20(22(26)29)27-23(30)21(16-18-10-4-1-5-11-18)28-24(31)32-17-19-12-6-2-7-13-19/h1-2,4-7,10-13,20-21H,3,8-9,14,16-17H2,(H2,26,29)(H,27,30)(H,28,31)/t20-,21-/m1/s1. The number of hydrogen-bond acceptors (Lipinski definition) is 5. The van der Waals surface area contributed by atoms with Crippen molar-refractivity contribution in [2.45, 2.75) is 50.8 Å². The quantitative estimate of drug-likeness (QED) is 0.440. The number of hydrogen-bond donors (Lipinski definition) is 3. The fraction of sp³-hybridized carbons (Fsp3) is 0.333. The molecular formula is C24H28N4O4. The number of ether oxygens (including phenoxy) is 1. The molecule has 0 fully saturated rings. The molecule has 0 aliphatic carbocycles. The van der Waals surface area contributed by atoms with Crippen LogP contribution in [0.4, 0.5) is 4.79 Å². The van der Waals surface area contributed by atoms with Crippen LogP contribution < -0.4 is 16.4 Å². The molecule has 0 heterocycles. The Morgan fingerprint density at radius 3 is 2.12 bits per heavy atom. The van der Waals surface area contributed by atoms with E-state index in [1.807, 2.05) is 66.7 Å². The van der Waals surface area contributed by atoms with Crippen LogP contribution in [0.3, 0.4) is 0 Å². The predicted octanol–water partition coefficient (Wildman–Crippen LogP) is 2.58. The van der Waals surface area contributed by atoms with E-state index in [0.717, 1.165) is 11.1 Å². The van der Waals surface area contributed by atoms with Gasteiger partial charge in [0.2, 0.25) is 11.8 Å². The van der Waals surface area contributed by atoms with E-state index in [-0.39, 0.29) is 13.0 Å². The highest BCUT2D eigenvalue weighted by molar-refractivity contribution is 5.90. The SMILES string of the molecule is N#CCCCC[C@@H](NC(=O)[C@@H](Cc1ccccc1)NC(=O)OCc1ccccc1)C(N)=O. The van der Waals surface area contributed by atoms with Crippen molar-refractivity contribution in [2.24, 2.45) is 5.73 Å². The van der Waals surface area contributed by atoms with E-state index in [1.54, 1.807) is 0 Å². The number of nitrogens with two attached hydrogens (primary N) is 1. The van der Waals surface area contributed by atoms with Gasteiger partial charge in [0.15, 0.2) is 0 Å². The number of alkyl carbamates (subject to hydrolysis) is 1. The van der Waals surface area contributed by atoms with Gasteiger partial charge in [-0.05, 0) is 30.4 Å². The summed E-state index contributed by atoms with van der Waals surface area (Å²) in [6, 6.07) is 18.6. The van der Waals surface area contributed by atoms with E-state index in [2.05, 4.69) is 10.6 Å². The number of amides is 3. The minimum atomic E-state index is -0.957. The molecule has 168 valence electrons. The summed E-state index contributed by atoms with van der Waals surface area (Å²) in [7, 11) is 0. The zero-order valence-electron chi connectivity index (χ0n) is 17.8. The molecule has 0 spiro atoms. The van der Waals surface area contributed by atoms with Gasteiger partial charge in [-0.15, -0.1) is 0 Å². The monoisotopic (exact) mass is 436 g/mol. The predicted molar refractivity (Wildman–Crippen MR) is 119 cm³/mol. The molecule has 0 radical (unpaired) electrons. The highest BCUT2D eigenvalue weighted by atomic mass is 16.5. The topological polar surface area (TPSA) is 134 Å². The molecule has 2 rings (SSSR count). The lowest BCUT2D eigenvalue weighted by molar-refractivity contribution is -0.128. The third-order valence-electron chi connectivity index (χ3n) is 4.80. The lowest BCUT2D eigenvalue weighted by atomic mass is 10.0. The number of carbonyl (C=O) groups is 3. The maximum Gasteiger partial charge on any atom is 0.408 e. The fourth-order valence-corrected chi connectivity index (χ4v) is 3.08. The van der Waals surface area contributed by atoms with Gasteiger partial charge in [-0.2, -0.15) is 5.26 Å². The van der Waals surface area contributed by atoms with Crippen molar-refractivity contribution in [3.63, 3.8) is 0 Å². The lowest BCUT2D eigenvalue weighted by Gasteiger charge is -2.22. The lowest BCUT2D eigenvalue weighted by Crippen LogP contribution is -2.53. The summed E-state index contributed by atoms with van der Waals surface area (Å²) in [6.07, 6.45) is 1.33. The molecule has 0 saturated heterocycles. The molecule has 2 aromatic rings. The number of carbonyl (C=O) groups excluding carboxylic acids is 3. The van der Waals surface area contributed by atoms with Gasteiger partial charge < -0.3 is 21.1 Å². The summed E-state index contributed by atoms with van der Waals surface area (Å²) in [6.45, 7) is 0.0646. The first kappa shape index (κ1) is 24.4. The Hall–Kier alpha value is -3.86. The smallest absolute Gasteiger partial charge is 0.408 e. The van der Waals surface area contributed by atoms with Gasteiger partial charge in [-0.3, -0.25) is 9.59 Å². The first-order valence-electron chi connectivity index (χ1n) is 10.5. The van der Waals surface area contributed by atoms with Gasteiger partial charge >= 0.3 is 6.09 Å². The first-order chi connectivity index (χ1) is 15.5. The average Bonchev–Trinajstić information content (AvgIpc) is 2.80. The molecule has 2 aromatic carbocycles. The molecule has 0 saturated carbocycles. The summed E-state index contributed by atoms with van der Waals surface area (Å²) in [5.74, 6) is -1.20. The highest BCUT2D eigenvalue weighted by Gasteiger charge is 2.26. The maximum atomic E-state index is 12.9. The van der Waals surface area contributed by atoms with Crippen LogP contribution in [0.25, 0.3) is 0 Å². The van der Waals surface area contributed by atoms with Crippen LogP contribution in [-0.4, -0.2) is 30.0 Å². The average molecular weight is 437 g/mol. The maximum absolute atomic E-state index is 12.9. The van der Waals surface area contributed by atoms with Crippen molar-refractivity contribution >= 4 is 17.9 Å². The van der Waals surface area contributed by atoms with Crippen molar-refractivity contribution in [1.29, 1.82) is 5.26 Å². The number of unbranched alkanes of at least 4 members (excludes halogenated alkanes) is 2. The van der Waals surface area contributed by atoms with E-state index in [1.165, 1.54) is 0 Å².